The fourth-order valence-corrected chi connectivity index (χ4v) is 2.47. The van der Waals surface area contributed by atoms with E-state index in [4.69, 9.17) is 10.5 Å². The van der Waals surface area contributed by atoms with E-state index >= 15 is 0 Å². The summed E-state index contributed by atoms with van der Waals surface area (Å²) in [5.74, 6) is 0.114. The first kappa shape index (κ1) is 14.8. The van der Waals surface area contributed by atoms with Crippen LogP contribution in [0.5, 0.6) is 5.75 Å². The second-order valence-electron chi connectivity index (χ2n) is 5.34. The average Bonchev–Trinajstić information content (AvgIpc) is 3.23. The highest BCUT2D eigenvalue weighted by Gasteiger charge is 2.50. The molecule has 1 amide bonds. The SMILES string of the molecule is CCNC(COc1ccc(F)c(C)c1)(C(N)=O)C1CC1. The lowest BCUT2D eigenvalue weighted by atomic mass is 9.93. The van der Waals surface area contributed by atoms with Gasteiger partial charge in [-0.15, -0.1) is 0 Å². The maximum Gasteiger partial charge on any atom is 0.241 e. The van der Waals surface area contributed by atoms with E-state index in [9.17, 15) is 9.18 Å². The second kappa shape index (κ2) is 5.79. The van der Waals surface area contributed by atoms with E-state index in [2.05, 4.69) is 5.32 Å². The number of hydrogen-bond donors (Lipinski definition) is 2. The number of rotatable bonds is 7. The zero-order valence-electron chi connectivity index (χ0n) is 11.9. The van der Waals surface area contributed by atoms with Crippen molar-refractivity contribution in [3.8, 4) is 5.75 Å². The number of ether oxygens (including phenoxy) is 1. The van der Waals surface area contributed by atoms with Crippen LogP contribution in [0.4, 0.5) is 4.39 Å². The Morgan fingerprint density at radius 2 is 2.25 bits per heavy atom. The Kier molecular flexibility index (Phi) is 4.28. The Labute approximate surface area is 118 Å². The van der Waals surface area contributed by atoms with Crippen LogP contribution in [-0.2, 0) is 4.79 Å². The molecule has 1 aromatic carbocycles. The van der Waals surface area contributed by atoms with Gasteiger partial charge in [0.1, 0.15) is 23.7 Å². The molecule has 0 radical (unpaired) electrons. The number of aryl methyl sites for hydroxylation is 1. The lowest BCUT2D eigenvalue weighted by Gasteiger charge is -2.31. The van der Waals surface area contributed by atoms with Crippen molar-refractivity contribution < 1.29 is 13.9 Å². The van der Waals surface area contributed by atoms with Gasteiger partial charge in [0.05, 0.1) is 0 Å². The van der Waals surface area contributed by atoms with Gasteiger partial charge in [-0.1, -0.05) is 6.92 Å². The summed E-state index contributed by atoms with van der Waals surface area (Å²) in [7, 11) is 0. The van der Waals surface area contributed by atoms with Crippen LogP contribution in [-0.4, -0.2) is 24.6 Å². The third-order valence-electron chi connectivity index (χ3n) is 3.80. The van der Waals surface area contributed by atoms with Crippen LogP contribution in [0, 0.1) is 18.7 Å². The van der Waals surface area contributed by atoms with Crippen molar-refractivity contribution in [1.82, 2.24) is 5.32 Å². The van der Waals surface area contributed by atoms with Gasteiger partial charge >= 0.3 is 0 Å². The van der Waals surface area contributed by atoms with E-state index < -0.39 is 5.54 Å². The lowest BCUT2D eigenvalue weighted by Crippen LogP contribution is -2.61. The zero-order valence-corrected chi connectivity index (χ0v) is 11.9. The maximum absolute atomic E-state index is 13.2. The molecule has 4 nitrogen and oxygen atoms in total. The molecular weight excluding hydrogens is 259 g/mol. The number of carbonyl (C=O) groups is 1. The predicted octanol–water partition coefficient (Wildman–Crippen LogP) is 1.76. The summed E-state index contributed by atoms with van der Waals surface area (Å²) >= 11 is 0. The number of primary amides is 1. The van der Waals surface area contributed by atoms with Crippen LogP contribution in [0.2, 0.25) is 0 Å². The summed E-state index contributed by atoms with van der Waals surface area (Å²) in [4.78, 5) is 11.9. The Morgan fingerprint density at radius 1 is 1.55 bits per heavy atom. The van der Waals surface area contributed by atoms with Gasteiger partial charge in [-0.2, -0.15) is 0 Å². The summed E-state index contributed by atoms with van der Waals surface area (Å²) in [6.45, 7) is 4.42. The van der Waals surface area contributed by atoms with Crippen molar-refractivity contribution in [3.05, 3.63) is 29.6 Å². The third-order valence-corrected chi connectivity index (χ3v) is 3.80. The number of carbonyl (C=O) groups excluding carboxylic acids is 1. The molecule has 20 heavy (non-hydrogen) atoms. The molecule has 0 spiro atoms. The van der Waals surface area contributed by atoms with Crippen molar-refractivity contribution in [2.45, 2.75) is 32.2 Å². The Morgan fingerprint density at radius 3 is 2.75 bits per heavy atom. The van der Waals surface area contributed by atoms with E-state index in [-0.39, 0.29) is 24.2 Å². The van der Waals surface area contributed by atoms with Crippen molar-refractivity contribution in [3.63, 3.8) is 0 Å². The number of nitrogens with one attached hydrogen (secondary N) is 1. The first-order valence-corrected chi connectivity index (χ1v) is 6.93. The molecule has 1 aromatic rings. The highest BCUT2D eigenvalue weighted by atomic mass is 19.1. The van der Waals surface area contributed by atoms with Gasteiger partial charge in [0.25, 0.3) is 0 Å². The minimum atomic E-state index is -0.822. The fraction of sp³-hybridized carbons (Fsp3) is 0.533. The Bertz CT molecular complexity index is 503. The number of benzene rings is 1. The van der Waals surface area contributed by atoms with Gasteiger partial charge in [-0.05, 0) is 56.0 Å². The van der Waals surface area contributed by atoms with Crippen molar-refractivity contribution in [2.24, 2.45) is 11.7 Å². The normalized spacial score (nSPS) is 17.6. The van der Waals surface area contributed by atoms with Gasteiger partial charge < -0.3 is 15.8 Å². The second-order valence-corrected chi connectivity index (χ2v) is 5.34. The van der Waals surface area contributed by atoms with Gasteiger partial charge in [0, 0.05) is 0 Å². The van der Waals surface area contributed by atoms with Crippen LogP contribution in [0.25, 0.3) is 0 Å². The lowest BCUT2D eigenvalue weighted by molar-refractivity contribution is -0.126. The molecule has 1 aliphatic rings. The van der Waals surface area contributed by atoms with Crippen molar-refractivity contribution >= 4 is 5.91 Å². The Balaban J connectivity index is 2.11. The molecule has 2 rings (SSSR count). The predicted molar refractivity (Wildman–Crippen MR) is 75.0 cm³/mol. The fourth-order valence-electron chi connectivity index (χ4n) is 2.47. The highest BCUT2D eigenvalue weighted by molar-refractivity contribution is 5.85. The van der Waals surface area contributed by atoms with E-state index in [1.54, 1.807) is 19.1 Å². The van der Waals surface area contributed by atoms with Gasteiger partial charge in [0.2, 0.25) is 5.91 Å². The molecule has 1 aliphatic carbocycles. The van der Waals surface area contributed by atoms with E-state index in [0.717, 1.165) is 12.8 Å². The summed E-state index contributed by atoms with van der Waals surface area (Å²) in [6.07, 6.45) is 1.95. The molecule has 0 heterocycles. The number of nitrogens with two attached hydrogens (primary N) is 1. The molecule has 1 unspecified atom stereocenters. The molecule has 1 atom stereocenters. The molecule has 0 aliphatic heterocycles. The van der Waals surface area contributed by atoms with E-state index in [1.165, 1.54) is 6.07 Å². The first-order valence-electron chi connectivity index (χ1n) is 6.93. The molecule has 5 heteroatoms. The summed E-state index contributed by atoms with van der Waals surface area (Å²) in [5.41, 5.74) is 5.27. The molecule has 0 aromatic heterocycles. The standard InChI is InChI=1S/C15H21FN2O2/c1-3-18-15(14(17)19,11-4-5-11)9-20-12-6-7-13(16)10(2)8-12/h6-8,11,18H,3-5,9H2,1-2H3,(H2,17,19). The van der Waals surface area contributed by atoms with E-state index in [1.807, 2.05) is 6.92 Å². The van der Waals surface area contributed by atoms with Crippen LogP contribution in [0.15, 0.2) is 18.2 Å². The quantitative estimate of drug-likeness (QED) is 0.800. The zero-order chi connectivity index (χ0) is 14.8. The van der Waals surface area contributed by atoms with Gasteiger partial charge in [-0.25, -0.2) is 4.39 Å². The minimum absolute atomic E-state index is 0.173. The summed E-state index contributed by atoms with van der Waals surface area (Å²) < 4.78 is 18.9. The number of halogens is 1. The molecule has 110 valence electrons. The van der Waals surface area contributed by atoms with Crippen LogP contribution in [0.1, 0.15) is 25.3 Å². The van der Waals surface area contributed by atoms with E-state index in [0.29, 0.717) is 17.9 Å². The van der Waals surface area contributed by atoms with Crippen LogP contribution in [0.3, 0.4) is 0 Å². The average molecular weight is 280 g/mol. The molecular formula is C15H21FN2O2. The number of amides is 1. The minimum Gasteiger partial charge on any atom is -0.491 e. The van der Waals surface area contributed by atoms with Crippen molar-refractivity contribution in [1.29, 1.82) is 0 Å². The van der Waals surface area contributed by atoms with Gasteiger partial charge in [0.15, 0.2) is 0 Å². The highest BCUT2D eigenvalue weighted by Crippen LogP contribution is 2.40. The van der Waals surface area contributed by atoms with Crippen LogP contribution < -0.4 is 15.8 Å². The molecule has 3 N–H and O–H groups in total. The molecule has 0 bridgehead atoms. The Hall–Kier alpha value is -1.62. The first-order chi connectivity index (χ1) is 9.49. The maximum atomic E-state index is 13.2. The third kappa shape index (κ3) is 2.93. The van der Waals surface area contributed by atoms with Gasteiger partial charge in [-0.3, -0.25) is 4.79 Å². The number of hydrogen-bond acceptors (Lipinski definition) is 3. The molecule has 0 saturated heterocycles. The molecule has 1 saturated carbocycles. The molecule has 1 fully saturated rings. The summed E-state index contributed by atoms with van der Waals surface area (Å²) in [5, 5.41) is 3.18. The summed E-state index contributed by atoms with van der Waals surface area (Å²) in [6, 6.07) is 4.55. The van der Waals surface area contributed by atoms with Crippen LogP contribution >= 0.6 is 0 Å². The monoisotopic (exact) mass is 280 g/mol. The largest absolute Gasteiger partial charge is 0.491 e. The smallest absolute Gasteiger partial charge is 0.241 e. The number of likely N-dealkylation sites (N-methyl/N-ethyl adjacent to an activating group) is 1. The van der Waals surface area contributed by atoms with Crippen molar-refractivity contribution in [2.75, 3.05) is 13.2 Å². The topological polar surface area (TPSA) is 64.3 Å².